The van der Waals surface area contributed by atoms with Crippen LogP contribution in [0.2, 0.25) is 0 Å². The lowest BCUT2D eigenvalue weighted by Crippen LogP contribution is -2.43. The number of nitrogens with zero attached hydrogens (tertiary/aromatic N) is 4. The Hall–Kier alpha value is -4.82. The zero-order valence-electron chi connectivity index (χ0n) is 24.0. The van der Waals surface area contributed by atoms with Gasteiger partial charge >= 0.3 is 6.03 Å². The van der Waals surface area contributed by atoms with E-state index in [1.165, 1.54) is 34.1 Å². The summed E-state index contributed by atoms with van der Waals surface area (Å²) >= 11 is 0. The van der Waals surface area contributed by atoms with E-state index in [0.29, 0.717) is 48.7 Å². The molecular formula is C32H31F2N5O4. The molecule has 222 valence electrons. The van der Waals surface area contributed by atoms with E-state index >= 15 is 4.39 Å². The largest absolute Gasteiger partial charge is 0.496 e. The average Bonchev–Trinajstić information content (AvgIpc) is 3.27. The van der Waals surface area contributed by atoms with E-state index in [1.54, 1.807) is 45.7 Å². The van der Waals surface area contributed by atoms with Gasteiger partial charge in [-0.2, -0.15) is 5.26 Å². The van der Waals surface area contributed by atoms with Crippen molar-refractivity contribution in [1.29, 1.82) is 5.26 Å². The van der Waals surface area contributed by atoms with Crippen molar-refractivity contribution in [3.8, 4) is 6.07 Å². The molecule has 3 amide bonds. The number of halogens is 2. The average molecular weight is 588 g/mol. The van der Waals surface area contributed by atoms with E-state index in [-0.39, 0.29) is 17.2 Å². The number of allylic oxidation sites excluding steroid dienone is 2. The number of methoxy groups -OCH3 is 2. The number of aliphatic imine (C=N–C) groups is 1. The highest BCUT2D eigenvalue weighted by molar-refractivity contribution is 6.06. The van der Waals surface area contributed by atoms with Crippen LogP contribution in [0, 0.1) is 28.9 Å². The van der Waals surface area contributed by atoms with Gasteiger partial charge in [0.2, 0.25) is 5.91 Å². The van der Waals surface area contributed by atoms with Gasteiger partial charge < -0.3 is 14.8 Å². The third kappa shape index (κ3) is 5.79. The molecule has 2 aromatic rings. The van der Waals surface area contributed by atoms with Crippen molar-refractivity contribution in [2.24, 2.45) is 10.9 Å². The SMILES string of the molecule is COCCNC(=O)C(CCC1=CC2C(=NC=C3C2N(c2ccc(C#N)cc2F)C(=O)N3C)C=C1OC)c1ccc(F)cc1. The fraction of sp³-hybridized carbons (Fsp3) is 0.312. The molecule has 3 unspecified atom stereocenters. The minimum Gasteiger partial charge on any atom is -0.496 e. The van der Waals surface area contributed by atoms with Gasteiger partial charge in [0, 0.05) is 38.9 Å². The molecule has 1 aliphatic carbocycles. The number of hydrogen-bond donors (Lipinski definition) is 1. The van der Waals surface area contributed by atoms with Crippen LogP contribution < -0.4 is 10.2 Å². The third-order valence-electron chi connectivity index (χ3n) is 7.92. The number of amides is 3. The summed E-state index contributed by atoms with van der Waals surface area (Å²) < 4.78 is 39.6. The quantitative estimate of drug-likeness (QED) is 0.403. The predicted molar refractivity (Wildman–Crippen MR) is 156 cm³/mol. The second-order valence-corrected chi connectivity index (χ2v) is 10.4. The van der Waals surface area contributed by atoms with Gasteiger partial charge in [0.05, 0.1) is 54.4 Å². The number of hydrogen-bond acceptors (Lipinski definition) is 6. The van der Waals surface area contributed by atoms with Gasteiger partial charge in [0.15, 0.2) is 0 Å². The van der Waals surface area contributed by atoms with Crippen molar-refractivity contribution in [2.45, 2.75) is 24.8 Å². The Labute approximate surface area is 248 Å². The molecule has 0 bridgehead atoms. The Kier molecular flexibility index (Phi) is 8.68. The van der Waals surface area contributed by atoms with Gasteiger partial charge in [-0.25, -0.2) is 13.6 Å². The zero-order chi connectivity index (χ0) is 30.7. The lowest BCUT2D eigenvalue weighted by Gasteiger charge is -2.34. The highest BCUT2D eigenvalue weighted by Crippen LogP contribution is 2.42. The predicted octanol–water partition coefficient (Wildman–Crippen LogP) is 4.79. The van der Waals surface area contributed by atoms with E-state index < -0.39 is 35.5 Å². The number of urea groups is 1. The molecule has 2 heterocycles. The van der Waals surface area contributed by atoms with Crippen LogP contribution in [-0.2, 0) is 14.3 Å². The van der Waals surface area contributed by atoms with E-state index in [1.807, 2.05) is 12.1 Å². The smallest absolute Gasteiger partial charge is 0.329 e. The van der Waals surface area contributed by atoms with Crippen molar-refractivity contribution >= 4 is 23.3 Å². The summed E-state index contributed by atoms with van der Waals surface area (Å²) in [5, 5.41) is 12.1. The van der Waals surface area contributed by atoms with Crippen molar-refractivity contribution in [3.05, 3.63) is 101 Å². The number of nitrogens with one attached hydrogen (secondary N) is 1. The molecule has 0 radical (unpaired) electrons. The number of fused-ring (bicyclic) bond motifs is 3. The Morgan fingerprint density at radius 2 is 1.95 bits per heavy atom. The van der Waals surface area contributed by atoms with Gasteiger partial charge in [0.1, 0.15) is 17.4 Å². The molecular weight excluding hydrogens is 556 g/mol. The molecule has 11 heteroatoms. The van der Waals surface area contributed by atoms with Crippen LogP contribution in [0.1, 0.15) is 29.9 Å². The fourth-order valence-electron chi connectivity index (χ4n) is 5.72. The van der Waals surface area contributed by atoms with Gasteiger partial charge in [-0.3, -0.25) is 19.6 Å². The number of likely N-dealkylation sites (N-methyl/N-ethyl adjacent to an activating group) is 1. The first-order chi connectivity index (χ1) is 20.8. The fourth-order valence-corrected chi connectivity index (χ4v) is 5.72. The van der Waals surface area contributed by atoms with E-state index in [4.69, 9.17) is 9.47 Å². The van der Waals surface area contributed by atoms with E-state index in [2.05, 4.69) is 10.3 Å². The van der Waals surface area contributed by atoms with Crippen molar-refractivity contribution < 1.29 is 27.8 Å². The Bertz CT molecular complexity index is 1590. The number of carbonyl (C=O) groups is 2. The summed E-state index contributed by atoms with van der Waals surface area (Å²) in [4.78, 5) is 34.1. The summed E-state index contributed by atoms with van der Waals surface area (Å²) in [6.07, 6.45) is 6.17. The molecule has 1 fully saturated rings. The molecule has 5 rings (SSSR count). The molecule has 0 saturated carbocycles. The maximum absolute atomic E-state index is 15.2. The summed E-state index contributed by atoms with van der Waals surface area (Å²) in [6, 6.07) is 10.8. The standard InChI is InChI=1S/C32H31F2N5O4/c1-38-28-18-37-26-16-29(43-3)21(7-10-23(31(40)36-12-13-42-2)20-5-8-22(33)9-6-20)15-24(26)30(28)39(32(38)41)27-11-4-19(17-35)14-25(27)34/h4-6,8-9,11,14-16,18,23-24,30H,7,10,12-13H2,1-3H3,(H,36,40). The summed E-state index contributed by atoms with van der Waals surface area (Å²) in [5.74, 6) is -1.72. The van der Waals surface area contributed by atoms with E-state index in [9.17, 15) is 19.2 Å². The molecule has 0 spiro atoms. The maximum Gasteiger partial charge on any atom is 0.329 e. The van der Waals surface area contributed by atoms with Crippen LogP contribution in [0.5, 0.6) is 0 Å². The van der Waals surface area contributed by atoms with Gasteiger partial charge in [0.25, 0.3) is 0 Å². The molecule has 3 atom stereocenters. The molecule has 0 aromatic heterocycles. The minimum absolute atomic E-state index is 0.0612. The van der Waals surface area contributed by atoms with Crippen LogP contribution >= 0.6 is 0 Å². The van der Waals surface area contributed by atoms with Crippen LogP contribution in [0.3, 0.4) is 0 Å². The third-order valence-corrected chi connectivity index (χ3v) is 7.92. The van der Waals surface area contributed by atoms with Crippen molar-refractivity contribution in [3.63, 3.8) is 0 Å². The summed E-state index contributed by atoms with van der Waals surface area (Å²) in [5.41, 5.74) is 2.93. The molecule has 1 saturated heterocycles. The molecule has 9 nitrogen and oxygen atoms in total. The number of rotatable bonds is 10. The lowest BCUT2D eigenvalue weighted by atomic mass is 9.81. The Balaban J connectivity index is 1.47. The van der Waals surface area contributed by atoms with Crippen LogP contribution in [0.25, 0.3) is 0 Å². The minimum atomic E-state index is -0.680. The van der Waals surface area contributed by atoms with Crippen molar-refractivity contribution in [1.82, 2.24) is 10.2 Å². The summed E-state index contributed by atoms with van der Waals surface area (Å²) in [7, 11) is 4.71. The number of anilines is 1. The molecule has 43 heavy (non-hydrogen) atoms. The molecule has 2 aromatic carbocycles. The first kappa shape index (κ1) is 29.7. The highest BCUT2D eigenvalue weighted by Gasteiger charge is 2.48. The monoisotopic (exact) mass is 587 g/mol. The highest BCUT2D eigenvalue weighted by atomic mass is 19.1. The second-order valence-electron chi connectivity index (χ2n) is 10.4. The topological polar surface area (TPSA) is 107 Å². The number of nitriles is 1. The molecule has 3 aliphatic rings. The van der Waals surface area contributed by atoms with Crippen molar-refractivity contribution in [2.75, 3.05) is 39.3 Å². The van der Waals surface area contributed by atoms with Gasteiger partial charge in [-0.15, -0.1) is 0 Å². The maximum atomic E-state index is 15.2. The molecule has 2 aliphatic heterocycles. The zero-order valence-corrected chi connectivity index (χ0v) is 24.0. The molecule has 1 N–H and O–H groups in total. The van der Waals surface area contributed by atoms with Gasteiger partial charge in [-0.05, 0) is 54.3 Å². The summed E-state index contributed by atoms with van der Waals surface area (Å²) in [6.45, 7) is 0.690. The first-order valence-electron chi connectivity index (χ1n) is 13.8. The number of ether oxygens (including phenoxy) is 2. The van der Waals surface area contributed by atoms with Crippen LogP contribution in [0.4, 0.5) is 19.3 Å². The van der Waals surface area contributed by atoms with Crippen LogP contribution in [0.15, 0.2) is 82.8 Å². The Morgan fingerprint density at radius 1 is 1.19 bits per heavy atom. The first-order valence-corrected chi connectivity index (χ1v) is 13.8. The van der Waals surface area contributed by atoms with E-state index in [0.717, 1.165) is 11.6 Å². The normalized spacial score (nSPS) is 19.8. The lowest BCUT2D eigenvalue weighted by molar-refractivity contribution is -0.122. The second kappa shape index (κ2) is 12.6. The number of benzene rings is 2. The number of carbonyl (C=O) groups excluding carboxylic acids is 2. The van der Waals surface area contributed by atoms with Crippen LogP contribution in [-0.4, -0.2) is 63.0 Å². The van der Waals surface area contributed by atoms with Gasteiger partial charge in [-0.1, -0.05) is 18.2 Å². The Morgan fingerprint density at radius 3 is 2.63 bits per heavy atom.